The molecule has 1 amide bonds. The third-order valence-electron chi connectivity index (χ3n) is 3.90. The van der Waals surface area contributed by atoms with Gasteiger partial charge in [-0.2, -0.15) is 0 Å². The van der Waals surface area contributed by atoms with Gasteiger partial charge in [-0.1, -0.05) is 6.92 Å². The summed E-state index contributed by atoms with van der Waals surface area (Å²) in [6.07, 6.45) is 1.42. The Morgan fingerprint density at radius 3 is 2.67 bits per heavy atom. The molecule has 0 aromatic rings. The van der Waals surface area contributed by atoms with Gasteiger partial charge in [-0.15, -0.1) is 0 Å². The molecule has 2 atom stereocenters. The highest BCUT2D eigenvalue weighted by Crippen LogP contribution is 2.16. The first kappa shape index (κ1) is 13.8. The number of piperazine rings is 1. The van der Waals surface area contributed by atoms with Crippen LogP contribution in [0, 0.1) is 5.92 Å². The second kappa shape index (κ2) is 6.50. The lowest BCUT2D eigenvalue weighted by Gasteiger charge is -2.36. The average Bonchev–Trinajstić information content (AvgIpc) is 2.92. The van der Waals surface area contributed by atoms with Crippen molar-refractivity contribution in [2.24, 2.45) is 5.92 Å². The standard InChI is InChI=1S/C13H24N2O3/c1-2-12(16)9-14-4-6-15(7-5-14)13(17)11-3-8-18-10-11/h11-12,16H,2-10H2,1H3/t11-,12+/m0/s1. The van der Waals surface area contributed by atoms with Crippen molar-refractivity contribution in [3.8, 4) is 0 Å². The quantitative estimate of drug-likeness (QED) is 0.765. The van der Waals surface area contributed by atoms with E-state index in [1.807, 2.05) is 11.8 Å². The van der Waals surface area contributed by atoms with Gasteiger partial charge in [0.2, 0.25) is 5.91 Å². The van der Waals surface area contributed by atoms with Crippen LogP contribution in [0.4, 0.5) is 0 Å². The first-order chi connectivity index (χ1) is 8.70. The molecular weight excluding hydrogens is 232 g/mol. The highest BCUT2D eigenvalue weighted by Gasteiger charge is 2.30. The molecule has 0 radical (unpaired) electrons. The summed E-state index contributed by atoms with van der Waals surface area (Å²) in [4.78, 5) is 16.4. The number of carbonyl (C=O) groups is 1. The Balaban J connectivity index is 1.74. The van der Waals surface area contributed by atoms with Crippen molar-refractivity contribution in [3.05, 3.63) is 0 Å². The molecule has 5 heteroatoms. The summed E-state index contributed by atoms with van der Waals surface area (Å²) >= 11 is 0. The van der Waals surface area contributed by atoms with Crippen molar-refractivity contribution < 1.29 is 14.6 Å². The number of nitrogens with zero attached hydrogens (tertiary/aromatic N) is 2. The minimum atomic E-state index is -0.240. The SMILES string of the molecule is CC[C@@H](O)CN1CCN(C(=O)[C@H]2CCOC2)CC1. The van der Waals surface area contributed by atoms with Crippen LogP contribution in [-0.4, -0.2) is 72.9 Å². The summed E-state index contributed by atoms with van der Waals surface area (Å²) in [5, 5.41) is 9.62. The molecular formula is C13H24N2O3. The number of hydrogen-bond acceptors (Lipinski definition) is 4. The molecule has 0 unspecified atom stereocenters. The Morgan fingerprint density at radius 2 is 2.11 bits per heavy atom. The normalized spacial score (nSPS) is 27.4. The van der Waals surface area contributed by atoms with Crippen molar-refractivity contribution in [1.82, 2.24) is 9.80 Å². The zero-order valence-corrected chi connectivity index (χ0v) is 11.2. The van der Waals surface area contributed by atoms with E-state index in [1.54, 1.807) is 0 Å². The van der Waals surface area contributed by atoms with E-state index in [-0.39, 0.29) is 17.9 Å². The molecule has 0 aromatic heterocycles. The molecule has 1 N–H and O–H groups in total. The van der Waals surface area contributed by atoms with Crippen LogP contribution >= 0.6 is 0 Å². The van der Waals surface area contributed by atoms with Gasteiger partial charge < -0.3 is 14.7 Å². The second-order valence-electron chi connectivity index (χ2n) is 5.25. The fraction of sp³-hybridized carbons (Fsp3) is 0.923. The Bertz CT molecular complexity index is 271. The number of aliphatic hydroxyl groups excluding tert-OH is 1. The van der Waals surface area contributed by atoms with E-state index in [0.29, 0.717) is 6.61 Å². The van der Waals surface area contributed by atoms with E-state index < -0.39 is 0 Å². The largest absolute Gasteiger partial charge is 0.392 e. The summed E-state index contributed by atoms with van der Waals surface area (Å²) in [6, 6.07) is 0. The van der Waals surface area contributed by atoms with Crippen LogP contribution < -0.4 is 0 Å². The van der Waals surface area contributed by atoms with Gasteiger partial charge in [0.25, 0.3) is 0 Å². The number of rotatable bonds is 4. The fourth-order valence-electron chi connectivity index (χ4n) is 2.57. The van der Waals surface area contributed by atoms with Gasteiger partial charge in [0.05, 0.1) is 18.6 Å². The van der Waals surface area contributed by atoms with E-state index in [4.69, 9.17) is 4.74 Å². The molecule has 2 rings (SSSR count). The Morgan fingerprint density at radius 1 is 1.39 bits per heavy atom. The number of aliphatic hydroxyl groups is 1. The minimum absolute atomic E-state index is 0.0813. The Kier molecular flexibility index (Phi) is 4.97. The third-order valence-corrected chi connectivity index (χ3v) is 3.90. The van der Waals surface area contributed by atoms with Crippen molar-refractivity contribution >= 4 is 5.91 Å². The van der Waals surface area contributed by atoms with Crippen LogP contribution in [-0.2, 0) is 9.53 Å². The van der Waals surface area contributed by atoms with E-state index in [1.165, 1.54) is 0 Å². The second-order valence-corrected chi connectivity index (χ2v) is 5.25. The van der Waals surface area contributed by atoms with Crippen molar-refractivity contribution in [2.45, 2.75) is 25.9 Å². The molecule has 0 bridgehead atoms. The Hall–Kier alpha value is -0.650. The molecule has 0 saturated carbocycles. The number of hydrogen-bond donors (Lipinski definition) is 1. The van der Waals surface area contributed by atoms with Gasteiger partial charge in [-0.3, -0.25) is 9.69 Å². The molecule has 2 fully saturated rings. The number of β-amino-alcohol motifs (C(OH)–C–C–N with tert-alkyl or cyclic N) is 1. The maximum absolute atomic E-state index is 12.2. The van der Waals surface area contributed by atoms with Gasteiger partial charge in [-0.05, 0) is 12.8 Å². The zero-order chi connectivity index (χ0) is 13.0. The number of amides is 1. The summed E-state index contributed by atoms with van der Waals surface area (Å²) in [5.74, 6) is 0.334. The van der Waals surface area contributed by atoms with Crippen LogP contribution in [0.3, 0.4) is 0 Å². The predicted octanol–water partition coefficient (Wildman–Crippen LogP) is -0.0620. The zero-order valence-electron chi connectivity index (χ0n) is 11.2. The highest BCUT2D eigenvalue weighted by atomic mass is 16.5. The predicted molar refractivity (Wildman–Crippen MR) is 68.2 cm³/mol. The van der Waals surface area contributed by atoms with Crippen LogP contribution in [0.25, 0.3) is 0 Å². The summed E-state index contributed by atoms with van der Waals surface area (Å²) in [6.45, 7) is 7.34. The first-order valence-corrected chi connectivity index (χ1v) is 6.97. The lowest BCUT2D eigenvalue weighted by molar-refractivity contribution is -0.137. The summed E-state index contributed by atoms with van der Waals surface area (Å²) < 4.78 is 5.27. The lowest BCUT2D eigenvalue weighted by Crippen LogP contribution is -2.51. The van der Waals surface area contributed by atoms with Gasteiger partial charge >= 0.3 is 0 Å². The smallest absolute Gasteiger partial charge is 0.228 e. The molecule has 0 aromatic carbocycles. The van der Waals surface area contributed by atoms with Crippen molar-refractivity contribution in [3.63, 3.8) is 0 Å². The molecule has 0 aliphatic carbocycles. The van der Waals surface area contributed by atoms with Crippen LogP contribution in [0.2, 0.25) is 0 Å². The van der Waals surface area contributed by atoms with Crippen LogP contribution in [0.15, 0.2) is 0 Å². The number of carbonyl (C=O) groups excluding carboxylic acids is 1. The van der Waals surface area contributed by atoms with Crippen molar-refractivity contribution in [2.75, 3.05) is 45.9 Å². The molecule has 2 heterocycles. The van der Waals surface area contributed by atoms with Gasteiger partial charge in [0.15, 0.2) is 0 Å². The molecule has 2 saturated heterocycles. The van der Waals surface area contributed by atoms with Gasteiger partial charge in [0.1, 0.15) is 0 Å². The topological polar surface area (TPSA) is 53.0 Å². The van der Waals surface area contributed by atoms with Crippen LogP contribution in [0.5, 0.6) is 0 Å². The first-order valence-electron chi connectivity index (χ1n) is 6.97. The maximum Gasteiger partial charge on any atom is 0.228 e. The molecule has 18 heavy (non-hydrogen) atoms. The molecule has 2 aliphatic heterocycles. The lowest BCUT2D eigenvalue weighted by atomic mass is 10.1. The van der Waals surface area contributed by atoms with Crippen LogP contribution in [0.1, 0.15) is 19.8 Å². The van der Waals surface area contributed by atoms with Crippen molar-refractivity contribution in [1.29, 1.82) is 0 Å². The average molecular weight is 256 g/mol. The van der Waals surface area contributed by atoms with Gasteiger partial charge in [0, 0.05) is 39.3 Å². The van der Waals surface area contributed by atoms with Gasteiger partial charge in [-0.25, -0.2) is 0 Å². The minimum Gasteiger partial charge on any atom is -0.392 e. The molecule has 2 aliphatic rings. The molecule has 0 spiro atoms. The summed E-state index contributed by atoms with van der Waals surface area (Å²) in [5.41, 5.74) is 0. The summed E-state index contributed by atoms with van der Waals surface area (Å²) in [7, 11) is 0. The van der Waals surface area contributed by atoms with E-state index >= 15 is 0 Å². The fourth-order valence-corrected chi connectivity index (χ4v) is 2.57. The van der Waals surface area contributed by atoms with E-state index in [0.717, 1.165) is 52.2 Å². The van der Waals surface area contributed by atoms with E-state index in [9.17, 15) is 9.90 Å². The maximum atomic E-state index is 12.2. The monoisotopic (exact) mass is 256 g/mol. The third kappa shape index (κ3) is 3.43. The highest BCUT2D eigenvalue weighted by molar-refractivity contribution is 5.79. The van der Waals surface area contributed by atoms with E-state index in [2.05, 4.69) is 4.90 Å². The number of ether oxygens (including phenoxy) is 1. The Labute approximate surface area is 109 Å². The molecule has 5 nitrogen and oxygen atoms in total. The molecule has 104 valence electrons.